The van der Waals surface area contributed by atoms with Crippen molar-refractivity contribution in [2.24, 2.45) is 11.7 Å². The molecular formula is C19H36Cl2N4O2. The van der Waals surface area contributed by atoms with E-state index in [1.807, 2.05) is 9.80 Å². The summed E-state index contributed by atoms with van der Waals surface area (Å²) in [6, 6.07) is 0.563. The summed E-state index contributed by atoms with van der Waals surface area (Å²) in [7, 11) is 0. The third kappa shape index (κ3) is 6.48. The summed E-state index contributed by atoms with van der Waals surface area (Å²) in [6.45, 7) is 6.65. The summed E-state index contributed by atoms with van der Waals surface area (Å²) in [6.07, 6.45) is 7.42. The van der Waals surface area contributed by atoms with Crippen molar-refractivity contribution in [3.05, 3.63) is 0 Å². The van der Waals surface area contributed by atoms with E-state index in [0.29, 0.717) is 12.6 Å². The van der Waals surface area contributed by atoms with Crippen molar-refractivity contribution >= 4 is 36.6 Å². The van der Waals surface area contributed by atoms with Crippen molar-refractivity contribution in [2.75, 3.05) is 39.3 Å². The van der Waals surface area contributed by atoms with Crippen molar-refractivity contribution in [1.82, 2.24) is 14.7 Å². The Morgan fingerprint density at radius 1 is 0.926 bits per heavy atom. The van der Waals surface area contributed by atoms with Crippen molar-refractivity contribution < 1.29 is 9.59 Å². The van der Waals surface area contributed by atoms with Crippen LogP contribution in [-0.2, 0) is 9.59 Å². The van der Waals surface area contributed by atoms with Gasteiger partial charge in [0.05, 0.1) is 6.54 Å². The highest BCUT2D eigenvalue weighted by Crippen LogP contribution is 2.25. The SMILES string of the molecule is CC1CCCCN1C(=O)CN1CCN(C(=O)C2CCCC(N)C2)CC1.Cl.Cl. The summed E-state index contributed by atoms with van der Waals surface area (Å²) in [5, 5.41) is 0. The first-order valence-electron chi connectivity index (χ1n) is 10.1. The molecule has 3 fully saturated rings. The van der Waals surface area contributed by atoms with E-state index in [1.54, 1.807) is 0 Å². The molecule has 1 aliphatic carbocycles. The van der Waals surface area contributed by atoms with E-state index < -0.39 is 0 Å². The van der Waals surface area contributed by atoms with Crippen LogP contribution >= 0.6 is 24.8 Å². The van der Waals surface area contributed by atoms with Gasteiger partial charge < -0.3 is 15.5 Å². The number of carbonyl (C=O) groups excluding carboxylic acids is 2. The highest BCUT2D eigenvalue weighted by molar-refractivity contribution is 5.85. The fourth-order valence-electron chi connectivity index (χ4n) is 4.59. The Balaban J connectivity index is 0.00000182. The van der Waals surface area contributed by atoms with E-state index in [-0.39, 0.29) is 48.6 Å². The summed E-state index contributed by atoms with van der Waals surface area (Å²) < 4.78 is 0. The Bertz CT molecular complexity index is 486. The predicted molar refractivity (Wildman–Crippen MR) is 112 cm³/mol. The number of nitrogens with zero attached hydrogens (tertiary/aromatic N) is 3. The fraction of sp³-hybridized carbons (Fsp3) is 0.895. The van der Waals surface area contributed by atoms with E-state index in [2.05, 4.69) is 11.8 Å². The molecule has 0 spiro atoms. The molecule has 2 amide bonds. The first kappa shape index (κ1) is 24.5. The average Bonchev–Trinajstić information content (AvgIpc) is 2.62. The van der Waals surface area contributed by atoms with Gasteiger partial charge in [-0.05, 0) is 45.4 Å². The minimum absolute atomic E-state index is 0. The molecule has 6 nitrogen and oxygen atoms in total. The minimum Gasteiger partial charge on any atom is -0.340 e. The quantitative estimate of drug-likeness (QED) is 0.753. The molecule has 2 heterocycles. The lowest BCUT2D eigenvalue weighted by Gasteiger charge is -2.39. The number of hydrogen-bond donors (Lipinski definition) is 1. The van der Waals surface area contributed by atoms with Crippen molar-refractivity contribution in [1.29, 1.82) is 0 Å². The maximum atomic E-state index is 12.7. The monoisotopic (exact) mass is 422 g/mol. The maximum absolute atomic E-state index is 12.7. The molecule has 2 aliphatic heterocycles. The molecule has 2 saturated heterocycles. The van der Waals surface area contributed by atoms with Crippen LogP contribution in [0.5, 0.6) is 0 Å². The van der Waals surface area contributed by atoms with Crippen LogP contribution in [0.4, 0.5) is 0 Å². The first-order valence-corrected chi connectivity index (χ1v) is 10.1. The van der Waals surface area contributed by atoms with Crippen molar-refractivity contribution in [2.45, 2.75) is 64.0 Å². The topological polar surface area (TPSA) is 69.9 Å². The van der Waals surface area contributed by atoms with Gasteiger partial charge in [-0.1, -0.05) is 6.42 Å². The molecule has 0 radical (unpaired) electrons. The zero-order chi connectivity index (χ0) is 17.8. The second-order valence-corrected chi connectivity index (χ2v) is 8.16. The lowest BCUT2D eigenvalue weighted by molar-refractivity contribution is -0.140. The van der Waals surface area contributed by atoms with Gasteiger partial charge in [0.15, 0.2) is 0 Å². The number of hydrogen-bond acceptors (Lipinski definition) is 4. The molecule has 2 N–H and O–H groups in total. The third-order valence-electron chi connectivity index (χ3n) is 6.23. The van der Waals surface area contributed by atoms with E-state index in [0.717, 1.165) is 71.2 Å². The molecule has 3 aliphatic rings. The number of nitrogens with two attached hydrogens (primary N) is 1. The van der Waals surface area contributed by atoms with Crippen LogP contribution in [-0.4, -0.2) is 77.9 Å². The Labute approximate surface area is 176 Å². The van der Waals surface area contributed by atoms with Crippen molar-refractivity contribution in [3.8, 4) is 0 Å². The average molecular weight is 423 g/mol. The van der Waals surface area contributed by atoms with E-state index in [4.69, 9.17) is 5.73 Å². The fourth-order valence-corrected chi connectivity index (χ4v) is 4.59. The van der Waals surface area contributed by atoms with Gasteiger partial charge in [0, 0.05) is 50.7 Å². The molecule has 27 heavy (non-hydrogen) atoms. The molecule has 3 unspecified atom stereocenters. The zero-order valence-corrected chi connectivity index (χ0v) is 18.1. The summed E-state index contributed by atoms with van der Waals surface area (Å²) in [5.41, 5.74) is 6.03. The first-order chi connectivity index (χ1) is 12.0. The summed E-state index contributed by atoms with van der Waals surface area (Å²) in [5.74, 6) is 0.655. The number of rotatable bonds is 3. The Morgan fingerprint density at radius 3 is 2.26 bits per heavy atom. The molecule has 0 aromatic rings. The number of carbonyl (C=O) groups is 2. The number of piperidine rings is 1. The van der Waals surface area contributed by atoms with Crippen LogP contribution < -0.4 is 5.73 Å². The molecule has 0 aromatic heterocycles. The molecule has 1 saturated carbocycles. The van der Waals surface area contributed by atoms with Gasteiger partial charge in [0.1, 0.15) is 0 Å². The normalized spacial score (nSPS) is 29.5. The van der Waals surface area contributed by atoms with Crippen LogP contribution in [0.2, 0.25) is 0 Å². The number of piperazine rings is 1. The van der Waals surface area contributed by atoms with Gasteiger partial charge in [-0.15, -0.1) is 24.8 Å². The van der Waals surface area contributed by atoms with E-state index in [9.17, 15) is 9.59 Å². The number of likely N-dealkylation sites (tertiary alicyclic amines) is 1. The van der Waals surface area contributed by atoms with Gasteiger partial charge in [0.2, 0.25) is 11.8 Å². The lowest BCUT2D eigenvalue weighted by Crippen LogP contribution is -2.54. The third-order valence-corrected chi connectivity index (χ3v) is 6.23. The Kier molecular flexibility index (Phi) is 10.4. The second-order valence-electron chi connectivity index (χ2n) is 8.16. The van der Waals surface area contributed by atoms with Gasteiger partial charge >= 0.3 is 0 Å². The molecule has 3 atom stereocenters. The van der Waals surface area contributed by atoms with Crippen molar-refractivity contribution in [3.63, 3.8) is 0 Å². The largest absolute Gasteiger partial charge is 0.340 e. The standard InChI is InChI=1S/C19H34N4O2.2ClH/c1-15-5-2-3-8-23(15)18(24)14-21-9-11-22(12-10-21)19(25)16-6-4-7-17(20)13-16;;/h15-17H,2-14,20H2,1H3;2*1H. The number of halogens is 2. The second kappa shape index (κ2) is 11.4. The van der Waals surface area contributed by atoms with Crippen LogP contribution in [0.25, 0.3) is 0 Å². The molecular weight excluding hydrogens is 387 g/mol. The van der Waals surface area contributed by atoms with Gasteiger partial charge in [-0.2, -0.15) is 0 Å². The lowest BCUT2D eigenvalue weighted by atomic mass is 9.85. The maximum Gasteiger partial charge on any atom is 0.236 e. The van der Waals surface area contributed by atoms with Crippen LogP contribution in [0.1, 0.15) is 51.9 Å². The Morgan fingerprint density at radius 2 is 1.63 bits per heavy atom. The highest BCUT2D eigenvalue weighted by atomic mass is 35.5. The van der Waals surface area contributed by atoms with Gasteiger partial charge in [-0.3, -0.25) is 14.5 Å². The molecule has 0 aromatic carbocycles. The highest BCUT2D eigenvalue weighted by Gasteiger charge is 2.32. The van der Waals surface area contributed by atoms with E-state index in [1.165, 1.54) is 6.42 Å². The van der Waals surface area contributed by atoms with Crippen LogP contribution in [0, 0.1) is 5.92 Å². The number of amides is 2. The molecule has 0 bridgehead atoms. The van der Waals surface area contributed by atoms with Gasteiger partial charge in [0.25, 0.3) is 0 Å². The smallest absolute Gasteiger partial charge is 0.236 e. The zero-order valence-electron chi connectivity index (χ0n) is 16.5. The Hall–Kier alpha value is -0.560. The molecule has 158 valence electrons. The molecule has 3 rings (SSSR count). The van der Waals surface area contributed by atoms with E-state index >= 15 is 0 Å². The summed E-state index contributed by atoms with van der Waals surface area (Å²) in [4.78, 5) is 31.5. The molecule has 8 heteroatoms. The predicted octanol–water partition coefficient (Wildman–Crippen LogP) is 1.89. The van der Waals surface area contributed by atoms with Crippen LogP contribution in [0.15, 0.2) is 0 Å². The minimum atomic E-state index is 0. The summed E-state index contributed by atoms with van der Waals surface area (Å²) >= 11 is 0. The van der Waals surface area contributed by atoms with Gasteiger partial charge in [-0.25, -0.2) is 0 Å². The van der Waals surface area contributed by atoms with Crippen LogP contribution in [0.3, 0.4) is 0 Å².